The maximum absolute atomic E-state index is 6.09. The van der Waals surface area contributed by atoms with Gasteiger partial charge in [0.25, 0.3) is 0 Å². The van der Waals surface area contributed by atoms with Crippen molar-refractivity contribution in [3.63, 3.8) is 0 Å². The van der Waals surface area contributed by atoms with Crippen molar-refractivity contribution in [1.82, 2.24) is 10.2 Å². The Morgan fingerprint density at radius 3 is 2.16 bits per heavy atom. The topological polar surface area (TPSA) is 64.6 Å². The van der Waals surface area contributed by atoms with Gasteiger partial charge in [0.15, 0.2) is 17.5 Å². The Morgan fingerprint density at radius 2 is 1.58 bits per heavy atom. The third-order valence-electron chi connectivity index (χ3n) is 5.22. The van der Waals surface area contributed by atoms with Crippen LogP contribution in [0.3, 0.4) is 0 Å². The first-order valence-electron chi connectivity index (χ1n) is 10.1. The van der Waals surface area contributed by atoms with Crippen molar-refractivity contribution >= 4 is 29.9 Å². The van der Waals surface area contributed by atoms with Crippen LogP contribution < -0.4 is 24.3 Å². The first-order chi connectivity index (χ1) is 14.7. The molecule has 8 heteroatoms. The number of ether oxygens (including phenoxy) is 4. The number of likely N-dealkylation sites (tertiary alicyclic amines) is 1. The van der Waals surface area contributed by atoms with E-state index >= 15 is 0 Å². The van der Waals surface area contributed by atoms with E-state index < -0.39 is 0 Å². The highest BCUT2D eigenvalue weighted by Gasteiger charge is 2.23. The molecule has 0 aromatic heterocycles. The number of rotatable bonds is 7. The van der Waals surface area contributed by atoms with E-state index in [1.54, 1.807) is 28.4 Å². The van der Waals surface area contributed by atoms with Gasteiger partial charge in [-0.15, -0.1) is 24.0 Å². The number of nitrogens with one attached hydrogen (secondary N) is 1. The summed E-state index contributed by atoms with van der Waals surface area (Å²) >= 11 is 0. The quantitative estimate of drug-likeness (QED) is 0.326. The van der Waals surface area contributed by atoms with Crippen molar-refractivity contribution in [3.05, 3.63) is 48.0 Å². The monoisotopic (exact) mass is 541 g/mol. The number of guanidine groups is 1. The van der Waals surface area contributed by atoms with Crippen LogP contribution in [0.15, 0.2) is 47.5 Å². The van der Waals surface area contributed by atoms with Crippen LogP contribution in [0.25, 0.3) is 0 Å². The molecule has 2 aromatic rings. The summed E-state index contributed by atoms with van der Waals surface area (Å²) < 4.78 is 22.4. The van der Waals surface area contributed by atoms with Crippen LogP contribution in [0, 0.1) is 0 Å². The fourth-order valence-electron chi connectivity index (χ4n) is 3.61. The highest BCUT2D eigenvalue weighted by molar-refractivity contribution is 14.0. The van der Waals surface area contributed by atoms with E-state index in [1.165, 1.54) is 0 Å². The molecule has 0 aliphatic carbocycles. The fraction of sp³-hybridized carbons (Fsp3) is 0.435. The van der Waals surface area contributed by atoms with Gasteiger partial charge < -0.3 is 29.2 Å². The molecule has 0 radical (unpaired) electrons. The minimum Gasteiger partial charge on any atom is -0.496 e. The number of hydrogen-bond acceptors (Lipinski definition) is 5. The van der Waals surface area contributed by atoms with Gasteiger partial charge in [0.05, 0.1) is 21.3 Å². The van der Waals surface area contributed by atoms with E-state index in [9.17, 15) is 0 Å². The Morgan fingerprint density at radius 1 is 0.968 bits per heavy atom. The van der Waals surface area contributed by atoms with Crippen molar-refractivity contribution in [2.45, 2.75) is 25.5 Å². The lowest BCUT2D eigenvalue weighted by Gasteiger charge is -2.34. The Hall–Kier alpha value is -2.36. The van der Waals surface area contributed by atoms with E-state index in [4.69, 9.17) is 18.9 Å². The summed E-state index contributed by atoms with van der Waals surface area (Å²) in [5.41, 5.74) is 0.971. The third-order valence-corrected chi connectivity index (χ3v) is 5.22. The number of para-hydroxylation sites is 1. The van der Waals surface area contributed by atoms with Crippen LogP contribution in [0.1, 0.15) is 18.4 Å². The molecule has 0 saturated carbocycles. The molecule has 3 rings (SSSR count). The number of aliphatic imine (C=N–C) groups is 1. The summed E-state index contributed by atoms with van der Waals surface area (Å²) in [6.07, 6.45) is 2.14. The zero-order chi connectivity index (χ0) is 21.3. The van der Waals surface area contributed by atoms with Gasteiger partial charge in [-0.3, -0.25) is 4.99 Å². The molecule has 1 N–H and O–H groups in total. The number of benzene rings is 2. The average Bonchev–Trinajstić information content (AvgIpc) is 2.80. The standard InChI is InChI=1S/C23H31N3O4.HI/c1-24-23(25-16-17-14-21(28-3)22(29-4)15-20(17)27-2)26-12-10-19(11-13-26)30-18-8-6-5-7-9-18;/h5-9,14-15,19H,10-13,16H2,1-4H3,(H,24,25);1H. The van der Waals surface area contributed by atoms with Crippen LogP contribution in [-0.4, -0.2) is 58.4 Å². The smallest absolute Gasteiger partial charge is 0.193 e. The van der Waals surface area contributed by atoms with Gasteiger partial charge in [0.1, 0.15) is 17.6 Å². The minimum absolute atomic E-state index is 0. The van der Waals surface area contributed by atoms with Crippen molar-refractivity contribution in [1.29, 1.82) is 0 Å². The molecule has 0 atom stereocenters. The SMILES string of the molecule is CN=C(NCc1cc(OC)c(OC)cc1OC)N1CCC(Oc2ccccc2)CC1.I. The Bertz CT molecular complexity index is 840. The van der Waals surface area contributed by atoms with Crippen molar-refractivity contribution in [2.75, 3.05) is 41.5 Å². The van der Waals surface area contributed by atoms with E-state index in [2.05, 4.69) is 15.2 Å². The normalized spacial score (nSPS) is 14.5. The second-order valence-corrected chi connectivity index (χ2v) is 7.04. The second-order valence-electron chi connectivity index (χ2n) is 7.04. The predicted octanol–water partition coefficient (Wildman–Crippen LogP) is 3.95. The average molecular weight is 541 g/mol. The first-order valence-corrected chi connectivity index (χ1v) is 10.1. The molecule has 31 heavy (non-hydrogen) atoms. The van der Waals surface area contributed by atoms with Gasteiger partial charge in [0, 0.05) is 51.2 Å². The van der Waals surface area contributed by atoms with Crippen molar-refractivity contribution in [2.24, 2.45) is 4.99 Å². The van der Waals surface area contributed by atoms with Gasteiger partial charge in [0.2, 0.25) is 0 Å². The second kappa shape index (κ2) is 12.5. The minimum atomic E-state index is 0. The summed E-state index contributed by atoms with van der Waals surface area (Å²) in [7, 11) is 6.70. The van der Waals surface area contributed by atoms with Gasteiger partial charge in [-0.25, -0.2) is 0 Å². The molecule has 0 bridgehead atoms. The van der Waals surface area contributed by atoms with Crippen LogP contribution >= 0.6 is 24.0 Å². The number of piperidine rings is 1. The molecule has 0 spiro atoms. The molecule has 1 fully saturated rings. The molecule has 1 aliphatic rings. The first kappa shape index (κ1) is 24.9. The van der Waals surface area contributed by atoms with Gasteiger partial charge >= 0.3 is 0 Å². The lowest BCUT2D eigenvalue weighted by molar-refractivity contribution is 0.129. The maximum atomic E-state index is 6.09. The van der Waals surface area contributed by atoms with Crippen LogP contribution in [0.5, 0.6) is 23.0 Å². The molecule has 7 nitrogen and oxygen atoms in total. The number of nitrogens with zero attached hydrogens (tertiary/aromatic N) is 2. The lowest BCUT2D eigenvalue weighted by Crippen LogP contribution is -2.47. The number of halogens is 1. The molecule has 0 amide bonds. The van der Waals surface area contributed by atoms with Crippen LogP contribution in [0.4, 0.5) is 0 Å². The number of hydrogen-bond donors (Lipinski definition) is 1. The molecule has 0 unspecified atom stereocenters. The Labute approximate surface area is 201 Å². The largest absolute Gasteiger partial charge is 0.496 e. The zero-order valence-electron chi connectivity index (χ0n) is 18.6. The molecule has 1 saturated heterocycles. The highest BCUT2D eigenvalue weighted by atomic mass is 127. The lowest BCUT2D eigenvalue weighted by atomic mass is 10.1. The fourth-order valence-corrected chi connectivity index (χ4v) is 3.61. The van der Waals surface area contributed by atoms with Crippen LogP contribution in [-0.2, 0) is 6.54 Å². The summed E-state index contributed by atoms with van der Waals surface area (Å²) in [6.45, 7) is 2.34. The highest BCUT2D eigenvalue weighted by Crippen LogP contribution is 2.34. The van der Waals surface area contributed by atoms with Gasteiger partial charge in [-0.2, -0.15) is 0 Å². The third kappa shape index (κ3) is 6.56. The summed E-state index contributed by atoms with van der Waals surface area (Å²) in [4.78, 5) is 6.72. The van der Waals surface area contributed by atoms with Crippen molar-refractivity contribution < 1.29 is 18.9 Å². The van der Waals surface area contributed by atoms with E-state index in [1.807, 2.05) is 42.5 Å². The molecular formula is C23H32IN3O4. The molecule has 1 heterocycles. The molecular weight excluding hydrogens is 509 g/mol. The van der Waals surface area contributed by atoms with E-state index in [0.29, 0.717) is 18.0 Å². The number of methoxy groups -OCH3 is 3. The summed E-state index contributed by atoms with van der Waals surface area (Å²) in [5.74, 6) is 3.85. The van der Waals surface area contributed by atoms with E-state index in [-0.39, 0.29) is 30.1 Å². The molecule has 2 aromatic carbocycles. The van der Waals surface area contributed by atoms with Crippen LogP contribution in [0.2, 0.25) is 0 Å². The van der Waals surface area contributed by atoms with Gasteiger partial charge in [-0.1, -0.05) is 18.2 Å². The van der Waals surface area contributed by atoms with E-state index in [0.717, 1.165) is 49.0 Å². The zero-order valence-corrected chi connectivity index (χ0v) is 20.9. The summed E-state index contributed by atoms with van der Waals surface area (Å²) in [5, 5.41) is 3.44. The Kier molecular flexibility index (Phi) is 10.0. The predicted molar refractivity (Wildman–Crippen MR) is 133 cm³/mol. The Balaban J connectivity index is 0.00000341. The summed E-state index contributed by atoms with van der Waals surface area (Å²) in [6, 6.07) is 13.8. The molecule has 1 aliphatic heterocycles. The maximum Gasteiger partial charge on any atom is 0.193 e. The van der Waals surface area contributed by atoms with Gasteiger partial charge in [-0.05, 0) is 18.2 Å². The van der Waals surface area contributed by atoms with Crippen molar-refractivity contribution in [3.8, 4) is 23.0 Å². The molecule has 170 valence electrons.